The van der Waals surface area contributed by atoms with Crippen LogP contribution in [0.3, 0.4) is 0 Å². The van der Waals surface area contributed by atoms with Crippen molar-refractivity contribution in [3.63, 3.8) is 0 Å². The maximum Gasteiger partial charge on any atom is 0.255 e. The van der Waals surface area contributed by atoms with Crippen molar-refractivity contribution in [2.45, 2.75) is 13.0 Å². The highest BCUT2D eigenvalue weighted by atomic mass is 19.1. The Bertz CT molecular complexity index is 841. The topological polar surface area (TPSA) is 87.0 Å². The molecule has 25 heavy (non-hydrogen) atoms. The Morgan fingerprint density at radius 3 is 2.96 bits per heavy atom. The van der Waals surface area contributed by atoms with Gasteiger partial charge in [0.2, 0.25) is 0 Å². The first-order chi connectivity index (χ1) is 12.1. The van der Waals surface area contributed by atoms with Gasteiger partial charge in [-0.2, -0.15) is 5.26 Å². The fourth-order valence-electron chi connectivity index (χ4n) is 2.66. The molecule has 2 aromatic rings. The van der Waals surface area contributed by atoms with Gasteiger partial charge in [-0.15, -0.1) is 0 Å². The molecule has 1 aromatic carbocycles. The van der Waals surface area contributed by atoms with Crippen LogP contribution < -0.4 is 10.6 Å². The van der Waals surface area contributed by atoms with E-state index in [1.165, 1.54) is 18.2 Å². The van der Waals surface area contributed by atoms with Gasteiger partial charge in [-0.05, 0) is 36.8 Å². The lowest BCUT2D eigenvalue weighted by molar-refractivity contribution is 0.0275. The summed E-state index contributed by atoms with van der Waals surface area (Å²) in [6, 6.07) is 9.43. The summed E-state index contributed by atoms with van der Waals surface area (Å²) in [5.74, 6) is -1.03. The minimum Gasteiger partial charge on any atom is -0.371 e. The molecule has 1 atom stereocenters. The molecule has 6 nitrogen and oxygen atoms in total. The zero-order valence-corrected chi connectivity index (χ0v) is 13.7. The lowest BCUT2D eigenvalue weighted by Crippen LogP contribution is -2.33. The minimum atomic E-state index is -0.536. The van der Waals surface area contributed by atoms with E-state index in [0.29, 0.717) is 24.4 Å². The zero-order chi connectivity index (χ0) is 17.8. The summed E-state index contributed by atoms with van der Waals surface area (Å²) in [4.78, 5) is 16.3. The summed E-state index contributed by atoms with van der Waals surface area (Å²) < 4.78 is 19.9. The average Bonchev–Trinajstić information content (AvgIpc) is 2.63. The van der Waals surface area contributed by atoms with Crippen LogP contribution in [0, 0.1) is 24.1 Å². The van der Waals surface area contributed by atoms with Gasteiger partial charge in [-0.3, -0.25) is 4.79 Å². The minimum absolute atomic E-state index is 0.0745. The number of amides is 1. The third-order valence-electron chi connectivity index (χ3n) is 3.87. The summed E-state index contributed by atoms with van der Waals surface area (Å²) in [5.41, 5.74) is 1.73. The van der Waals surface area contributed by atoms with Gasteiger partial charge in [0.1, 0.15) is 17.6 Å². The number of ether oxygens (including phenoxy) is 1. The molecule has 0 radical (unpaired) electrons. The number of nitrogens with one attached hydrogen (secondary N) is 2. The second kappa shape index (κ2) is 7.38. The number of carbonyl (C=O) groups excluding carboxylic acids is 1. The fourth-order valence-corrected chi connectivity index (χ4v) is 2.66. The van der Waals surface area contributed by atoms with E-state index in [1.54, 1.807) is 19.1 Å². The molecule has 1 aromatic heterocycles. The smallest absolute Gasteiger partial charge is 0.255 e. The van der Waals surface area contributed by atoms with E-state index in [4.69, 9.17) is 10.00 Å². The number of anilines is 1. The Morgan fingerprint density at radius 1 is 1.44 bits per heavy atom. The predicted molar refractivity (Wildman–Crippen MR) is 89.6 cm³/mol. The van der Waals surface area contributed by atoms with Crippen LogP contribution in [0.1, 0.15) is 33.4 Å². The Morgan fingerprint density at radius 2 is 2.28 bits per heavy atom. The normalized spacial score (nSPS) is 16.9. The molecular weight excluding hydrogens is 323 g/mol. The highest BCUT2D eigenvalue weighted by Gasteiger charge is 2.18. The molecule has 3 rings (SSSR count). The molecule has 2 N–H and O–H groups in total. The monoisotopic (exact) mass is 340 g/mol. The van der Waals surface area contributed by atoms with Crippen molar-refractivity contribution >= 4 is 11.6 Å². The van der Waals surface area contributed by atoms with E-state index in [2.05, 4.69) is 15.6 Å². The predicted octanol–water partition coefficient (Wildman–Crippen LogP) is 2.31. The van der Waals surface area contributed by atoms with E-state index < -0.39 is 11.7 Å². The second-order valence-corrected chi connectivity index (χ2v) is 5.75. The molecule has 1 fully saturated rings. The van der Waals surface area contributed by atoms with Crippen LogP contribution in [0.2, 0.25) is 0 Å². The molecule has 7 heteroatoms. The summed E-state index contributed by atoms with van der Waals surface area (Å²) in [6.07, 6.45) is -0.200. The Hall–Kier alpha value is -2.82. The van der Waals surface area contributed by atoms with E-state index in [-0.39, 0.29) is 23.0 Å². The lowest BCUT2D eigenvalue weighted by Gasteiger charge is -2.24. The van der Waals surface area contributed by atoms with Crippen molar-refractivity contribution in [2.75, 3.05) is 25.0 Å². The van der Waals surface area contributed by atoms with E-state index in [1.807, 2.05) is 6.07 Å². The number of morpholine rings is 1. The first-order valence-corrected chi connectivity index (χ1v) is 7.89. The maximum atomic E-state index is 14.4. The molecule has 1 saturated heterocycles. The summed E-state index contributed by atoms with van der Waals surface area (Å²) in [6.45, 7) is 3.67. The van der Waals surface area contributed by atoms with Crippen LogP contribution >= 0.6 is 0 Å². The molecule has 0 aliphatic carbocycles. The third-order valence-corrected chi connectivity index (χ3v) is 3.87. The van der Waals surface area contributed by atoms with Crippen molar-refractivity contribution in [3.8, 4) is 6.07 Å². The van der Waals surface area contributed by atoms with Gasteiger partial charge >= 0.3 is 0 Å². The van der Waals surface area contributed by atoms with Gasteiger partial charge in [0.15, 0.2) is 0 Å². The highest BCUT2D eigenvalue weighted by molar-refractivity contribution is 6.04. The van der Waals surface area contributed by atoms with Gasteiger partial charge < -0.3 is 15.4 Å². The molecule has 128 valence electrons. The Labute approximate surface area is 144 Å². The van der Waals surface area contributed by atoms with Crippen LogP contribution in [0.4, 0.5) is 10.1 Å². The number of halogens is 1. The standard InChI is InChI=1S/C18H17FN4O2/c1-11-6-13(7-14(9-20)22-11)18(24)23-16-3-2-12(8-15(16)19)17-10-21-4-5-25-17/h2-3,6-8,17,21H,4-5,10H2,1H3,(H,23,24)/t17-/m1/s1. The molecule has 2 heterocycles. The van der Waals surface area contributed by atoms with Crippen LogP contribution in [0.25, 0.3) is 0 Å². The zero-order valence-electron chi connectivity index (χ0n) is 13.7. The number of aryl methyl sites for hydroxylation is 1. The van der Waals surface area contributed by atoms with E-state index in [9.17, 15) is 9.18 Å². The number of hydrogen-bond donors (Lipinski definition) is 2. The van der Waals surface area contributed by atoms with Crippen LogP contribution in [-0.2, 0) is 4.74 Å². The van der Waals surface area contributed by atoms with Crippen LogP contribution in [0.5, 0.6) is 0 Å². The quantitative estimate of drug-likeness (QED) is 0.895. The van der Waals surface area contributed by atoms with Crippen molar-refractivity contribution in [2.24, 2.45) is 0 Å². The van der Waals surface area contributed by atoms with Crippen LogP contribution in [-0.4, -0.2) is 30.6 Å². The first-order valence-electron chi connectivity index (χ1n) is 7.89. The number of hydrogen-bond acceptors (Lipinski definition) is 5. The van der Waals surface area contributed by atoms with Gasteiger partial charge in [0.25, 0.3) is 5.91 Å². The molecule has 1 aliphatic heterocycles. The largest absolute Gasteiger partial charge is 0.371 e. The van der Waals surface area contributed by atoms with Crippen molar-refractivity contribution in [1.29, 1.82) is 5.26 Å². The van der Waals surface area contributed by atoms with E-state index in [0.717, 1.165) is 6.54 Å². The molecule has 0 spiro atoms. The van der Waals surface area contributed by atoms with Gasteiger partial charge in [-0.25, -0.2) is 9.37 Å². The Balaban J connectivity index is 1.77. The van der Waals surface area contributed by atoms with Gasteiger partial charge in [0, 0.05) is 24.3 Å². The fraction of sp³-hybridized carbons (Fsp3) is 0.278. The van der Waals surface area contributed by atoms with Crippen molar-refractivity contribution < 1.29 is 13.9 Å². The SMILES string of the molecule is Cc1cc(C(=O)Nc2ccc([C@H]3CNCCO3)cc2F)cc(C#N)n1. The number of nitriles is 1. The number of pyridine rings is 1. The number of nitrogens with zero attached hydrogens (tertiary/aromatic N) is 2. The third kappa shape index (κ3) is 3.99. The summed E-state index contributed by atoms with van der Waals surface area (Å²) >= 11 is 0. The average molecular weight is 340 g/mol. The molecule has 0 bridgehead atoms. The highest BCUT2D eigenvalue weighted by Crippen LogP contribution is 2.24. The maximum absolute atomic E-state index is 14.4. The van der Waals surface area contributed by atoms with Gasteiger partial charge in [0.05, 0.1) is 18.4 Å². The molecule has 1 amide bonds. The molecular formula is C18H17FN4O2. The lowest BCUT2D eigenvalue weighted by atomic mass is 10.1. The van der Waals surface area contributed by atoms with Crippen LogP contribution in [0.15, 0.2) is 30.3 Å². The molecule has 1 aliphatic rings. The van der Waals surface area contributed by atoms with Crippen molar-refractivity contribution in [3.05, 3.63) is 58.7 Å². The van der Waals surface area contributed by atoms with Crippen molar-refractivity contribution in [1.82, 2.24) is 10.3 Å². The summed E-state index contributed by atoms with van der Waals surface area (Å²) in [5, 5.41) is 14.7. The summed E-state index contributed by atoms with van der Waals surface area (Å²) in [7, 11) is 0. The number of aromatic nitrogens is 1. The molecule has 0 unspecified atom stereocenters. The number of benzene rings is 1. The second-order valence-electron chi connectivity index (χ2n) is 5.75. The number of rotatable bonds is 3. The van der Waals surface area contributed by atoms with E-state index >= 15 is 0 Å². The first kappa shape index (κ1) is 17.0. The molecule has 0 saturated carbocycles. The Kier molecular flexibility index (Phi) is 5.03. The number of carbonyl (C=O) groups is 1. The van der Waals surface area contributed by atoms with Gasteiger partial charge in [-0.1, -0.05) is 6.07 Å².